The second-order valence-electron chi connectivity index (χ2n) is 6.30. The smallest absolute Gasteiger partial charge is 0.339 e. The molecular formula is C19H27NO5. The zero-order chi connectivity index (χ0) is 19.1. The van der Waals surface area contributed by atoms with Crippen molar-refractivity contribution in [3.63, 3.8) is 0 Å². The van der Waals surface area contributed by atoms with Crippen molar-refractivity contribution in [3.05, 3.63) is 34.4 Å². The highest BCUT2D eigenvalue weighted by molar-refractivity contribution is 5.94. The molecule has 138 valence electrons. The van der Waals surface area contributed by atoms with Crippen LogP contribution in [0.5, 0.6) is 0 Å². The number of hydrogen-bond acceptors (Lipinski definition) is 5. The maximum atomic E-state index is 12.3. The van der Waals surface area contributed by atoms with Crippen molar-refractivity contribution >= 4 is 17.8 Å². The fourth-order valence-electron chi connectivity index (χ4n) is 2.72. The summed E-state index contributed by atoms with van der Waals surface area (Å²) in [5, 5.41) is 2.57. The summed E-state index contributed by atoms with van der Waals surface area (Å²) < 4.78 is 9.83. The largest absolute Gasteiger partial charge is 0.467 e. The molecule has 0 unspecified atom stereocenters. The highest BCUT2D eigenvalue weighted by Gasteiger charge is 2.27. The predicted octanol–water partition coefficient (Wildman–Crippen LogP) is 2.47. The van der Waals surface area contributed by atoms with E-state index >= 15 is 0 Å². The molecule has 0 aliphatic rings. The summed E-state index contributed by atoms with van der Waals surface area (Å²) >= 11 is 0. The van der Waals surface area contributed by atoms with Crippen LogP contribution in [0.3, 0.4) is 0 Å². The summed E-state index contributed by atoms with van der Waals surface area (Å²) in [6.45, 7) is 8.91. The van der Waals surface area contributed by atoms with Crippen LogP contribution in [0.25, 0.3) is 0 Å². The zero-order valence-corrected chi connectivity index (χ0v) is 15.8. The molecule has 0 heterocycles. The minimum absolute atomic E-state index is 0.0892. The van der Waals surface area contributed by atoms with Gasteiger partial charge in [0.25, 0.3) is 5.91 Å². The molecule has 0 aromatic heterocycles. The van der Waals surface area contributed by atoms with E-state index in [4.69, 9.17) is 9.47 Å². The van der Waals surface area contributed by atoms with Crippen LogP contribution in [0.4, 0.5) is 0 Å². The summed E-state index contributed by atoms with van der Waals surface area (Å²) in [6, 6.07) is 3.02. The standard InChI is InChI=1S/C19H27NO5/c1-7-12(3)17(19(23)24-6)20-15(21)10-25-18(22)16-13(4)8-11(2)9-14(16)5/h8-9,12,17H,7,10H2,1-6H3,(H,20,21)/t12-,17+/m0/s1. The van der Waals surface area contributed by atoms with Gasteiger partial charge in [0.05, 0.1) is 12.7 Å². The predicted molar refractivity (Wildman–Crippen MR) is 94.3 cm³/mol. The van der Waals surface area contributed by atoms with E-state index in [9.17, 15) is 14.4 Å². The van der Waals surface area contributed by atoms with Crippen molar-refractivity contribution in [2.45, 2.75) is 47.1 Å². The number of benzene rings is 1. The Labute approximate surface area is 148 Å². The van der Waals surface area contributed by atoms with Gasteiger partial charge in [-0.05, 0) is 37.8 Å². The molecule has 0 bridgehead atoms. The molecule has 0 aliphatic carbocycles. The molecule has 0 fully saturated rings. The first-order chi connectivity index (χ1) is 11.7. The first-order valence-corrected chi connectivity index (χ1v) is 8.33. The molecule has 2 atom stereocenters. The van der Waals surface area contributed by atoms with E-state index in [1.165, 1.54) is 7.11 Å². The number of esters is 2. The molecule has 6 nitrogen and oxygen atoms in total. The second kappa shape index (κ2) is 9.20. The van der Waals surface area contributed by atoms with Crippen molar-refractivity contribution in [1.82, 2.24) is 5.32 Å². The van der Waals surface area contributed by atoms with E-state index in [2.05, 4.69) is 5.32 Å². The maximum Gasteiger partial charge on any atom is 0.339 e. The Morgan fingerprint density at radius 2 is 1.68 bits per heavy atom. The van der Waals surface area contributed by atoms with Crippen LogP contribution < -0.4 is 5.32 Å². The monoisotopic (exact) mass is 349 g/mol. The van der Waals surface area contributed by atoms with Gasteiger partial charge in [-0.2, -0.15) is 0 Å². The quantitative estimate of drug-likeness (QED) is 0.765. The molecule has 0 radical (unpaired) electrons. The number of ether oxygens (including phenoxy) is 2. The fourth-order valence-corrected chi connectivity index (χ4v) is 2.72. The van der Waals surface area contributed by atoms with Gasteiger partial charge >= 0.3 is 11.9 Å². The molecule has 6 heteroatoms. The van der Waals surface area contributed by atoms with Gasteiger partial charge in [-0.15, -0.1) is 0 Å². The number of nitrogens with one attached hydrogen (secondary N) is 1. The van der Waals surface area contributed by atoms with Crippen LogP contribution >= 0.6 is 0 Å². The average Bonchev–Trinajstić information content (AvgIpc) is 2.55. The number of hydrogen-bond donors (Lipinski definition) is 1. The van der Waals surface area contributed by atoms with Crippen LogP contribution in [0.2, 0.25) is 0 Å². The van der Waals surface area contributed by atoms with Gasteiger partial charge < -0.3 is 14.8 Å². The fraction of sp³-hybridized carbons (Fsp3) is 0.526. The topological polar surface area (TPSA) is 81.7 Å². The SMILES string of the molecule is CC[C@H](C)[C@@H](NC(=O)COC(=O)c1c(C)cc(C)cc1C)C(=O)OC. The molecular weight excluding hydrogens is 322 g/mol. The van der Waals surface area contributed by atoms with Crippen molar-refractivity contribution in [2.24, 2.45) is 5.92 Å². The van der Waals surface area contributed by atoms with Crippen LogP contribution in [0.1, 0.15) is 47.3 Å². The molecule has 1 amide bonds. The number of carbonyl (C=O) groups excluding carboxylic acids is 3. The Kier molecular flexibility index (Phi) is 7.61. The molecule has 0 saturated heterocycles. The van der Waals surface area contributed by atoms with E-state index < -0.39 is 30.5 Å². The van der Waals surface area contributed by atoms with Crippen molar-refractivity contribution in [2.75, 3.05) is 13.7 Å². The van der Waals surface area contributed by atoms with E-state index in [1.54, 1.807) is 0 Å². The third kappa shape index (κ3) is 5.59. The normalized spacial score (nSPS) is 12.9. The summed E-state index contributed by atoms with van der Waals surface area (Å²) in [5.74, 6) is -1.69. The van der Waals surface area contributed by atoms with Crippen molar-refractivity contribution < 1.29 is 23.9 Å². The van der Waals surface area contributed by atoms with E-state index in [0.717, 1.165) is 16.7 Å². The Balaban J connectivity index is 2.72. The Morgan fingerprint density at radius 1 is 1.12 bits per heavy atom. The molecule has 1 aromatic carbocycles. The zero-order valence-electron chi connectivity index (χ0n) is 15.8. The van der Waals surface area contributed by atoms with Crippen LogP contribution in [0.15, 0.2) is 12.1 Å². The lowest BCUT2D eigenvalue weighted by molar-refractivity contribution is -0.147. The molecule has 1 N–H and O–H groups in total. The Hall–Kier alpha value is -2.37. The number of aryl methyl sites for hydroxylation is 3. The summed E-state index contributed by atoms with van der Waals surface area (Å²) in [7, 11) is 1.27. The van der Waals surface area contributed by atoms with Gasteiger partial charge in [-0.1, -0.05) is 38.0 Å². The second-order valence-corrected chi connectivity index (χ2v) is 6.30. The van der Waals surface area contributed by atoms with Gasteiger partial charge in [0.2, 0.25) is 0 Å². The van der Waals surface area contributed by atoms with Gasteiger partial charge in [0.1, 0.15) is 6.04 Å². The van der Waals surface area contributed by atoms with Gasteiger partial charge in [-0.25, -0.2) is 9.59 Å². The minimum atomic E-state index is -0.760. The van der Waals surface area contributed by atoms with Crippen LogP contribution in [-0.4, -0.2) is 37.6 Å². The highest BCUT2D eigenvalue weighted by Crippen LogP contribution is 2.17. The summed E-state index contributed by atoms with van der Waals surface area (Å²) in [6.07, 6.45) is 0.696. The van der Waals surface area contributed by atoms with Gasteiger partial charge in [0.15, 0.2) is 6.61 Å². The number of rotatable bonds is 7. The lowest BCUT2D eigenvalue weighted by Crippen LogP contribution is -2.47. The molecule has 1 aromatic rings. The van der Waals surface area contributed by atoms with Crippen molar-refractivity contribution in [3.8, 4) is 0 Å². The molecule has 1 rings (SSSR count). The molecule has 0 spiro atoms. The average molecular weight is 349 g/mol. The first kappa shape index (κ1) is 20.7. The number of carbonyl (C=O) groups is 3. The third-order valence-corrected chi connectivity index (χ3v) is 4.20. The minimum Gasteiger partial charge on any atom is -0.467 e. The lowest BCUT2D eigenvalue weighted by Gasteiger charge is -2.21. The molecule has 0 aliphatic heterocycles. The summed E-state index contributed by atoms with van der Waals surface area (Å²) in [4.78, 5) is 36.1. The molecule has 0 saturated carbocycles. The van der Waals surface area contributed by atoms with Crippen LogP contribution in [0, 0.1) is 26.7 Å². The van der Waals surface area contributed by atoms with Gasteiger partial charge in [0, 0.05) is 0 Å². The Morgan fingerprint density at radius 3 is 2.16 bits per heavy atom. The Bertz CT molecular complexity index is 630. The van der Waals surface area contributed by atoms with Gasteiger partial charge in [-0.3, -0.25) is 4.79 Å². The first-order valence-electron chi connectivity index (χ1n) is 8.33. The van der Waals surface area contributed by atoms with E-state index in [0.29, 0.717) is 12.0 Å². The lowest BCUT2D eigenvalue weighted by atomic mass is 9.99. The highest BCUT2D eigenvalue weighted by atomic mass is 16.5. The van der Waals surface area contributed by atoms with E-state index in [-0.39, 0.29) is 5.92 Å². The number of amides is 1. The molecule has 25 heavy (non-hydrogen) atoms. The van der Waals surface area contributed by atoms with Crippen LogP contribution in [-0.2, 0) is 19.1 Å². The maximum absolute atomic E-state index is 12.3. The third-order valence-electron chi connectivity index (χ3n) is 4.20. The van der Waals surface area contributed by atoms with Crippen molar-refractivity contribution in [1.29, 1.82) is 0 Å². The van der Waals surface area contributed by atoms with E-state index in [1.807, 2.05) is 46.8 Å². The summed E-state index contributed by atoms with van der Waals surface area (Å²) in [5.41, 5.74) is 3.12. The number of methoxy groups -OCH3 is 1.